The van der Waals surface area contributed by atoms with Gasteiger partial charge in [0.2, 0.25) is 0 Å². The van der Waals surface area contributed by atoms with Crippen LogP contribution in [-0.4, -0.2) is 30.6 Å². The molecule has 2 aromatic rings. The lowest BCUT2D eigenvalue weighted by atomic mass is 10.1. The number of methoxy groups -OCH3 is 1. The Kier molecular flexibility index (Phi) is 6.63. The molecule has 0 heterocycles. The largest absolute Gasteiger partial charge is 0.495 e. The number of carbonyl (C=O) groups excluding carboxylic acids is 2. The van der Waals surface area contributed by atoms with E-state index in [-0.39, 0.29) is 12.1 Å². The third kappa shape index (κ3) is 5.46. The number of benzene rings is 2. The van der Waals surface area contributed by atoms with Crippen molar-refractivity contribution in [1.82, 2.24) is 5.32 Å². The lowest BCUT2D eigenvalue weighted by Gasteiger charge is -2.14. The van der Waals surface area contributed by atoms with Gasteiger partial charge in [0.05, 0.1) is 24.5 Å². The van der Waals surface area contributed by atoms with Crippen LogP contribution in [0.2, 0.25) is 0 Å². The maximum Gasteiger partial charge on any atom is 0.416 e. The lowest BCUT2D eigenvalue weighted by Crippen LogP contribution is -2.37. The van der Waals surface area contributed by atoms with Gasteiger partial charge >= 0.3 is 18.0 Å². The second-order valence-corrected chi connectivity index (χ2v) is 6.00. The molecule has 150 valence electrons. The highest BCUT2D eigenvalue weighted by atomic mass is 19.4. The minimum atomic E-state index is -4.48. The zero-order chi connectivity index (χ0) is 20.9. The summed E-state index contributed by atoms with van der Waals surface area (Å²) in [4.78, 5) is 23.9. The van der Waals surface area contributed by atoms with Crippen molar-refractivity contribution in [1.29, 1.82) is 0 Å². The molecule has 28 heavy (non-hydrogen) atoms. The fraction of sp³-hybridized carbons (Fsp3) is 0.263. The van der Waals surface area contributed by atoms with Crippen molar-refractivity contribution >= 4 is 17.5 Å². The van der Waals surface area contributed by atoms with E-state index in [1.165, 1.54) is 7.11 Å². The third-order valence-corrected chi connectivity index (χ3v) is 3.89. The zero-order valence-electron chi connectivity index (χ0n) is 15.1. The molecule has 0 aliphatic carbocycles. The molecule has 0 unspecified atom stereocenters. The Balaban J connectivity index is 1.94. The van der Waals surface area contributed by atoms with Crippen LogP contribution >= 0.6 is 0 Å². The van der Waals surface area contributed by atoms with Crippen LogP contribution in [0.4, 0.5) is 18.9 Å². The summed E-state index contributed by atoms with van der Waals surface area (Å²) in [7, 11) is 1.42. The van der Waals surface area contributed by atoms with Gasteiger partial charge in [-0.2, -0.15) is 13.2 Å². The van der Waals surface area contributed by atoms with Crippen LogP contribution in [0.25, 0.3) is 0 Å². The number of aliphatic hydroxyl groups is 1. The summed E-state index contributed by atoms with van der Waals surface area (Å²) in [5.74, 6) is -1.60. The van der Waals surface area contributed by atoms with Gasteiger partial charge in [-0.1, -0.05) is 18.2 Å². The Morgan fingerprint density at radius 3 is 2.32 bits per heavy atom. The predicted molar refractivity (Wildman–Crippen MR) is 95.8 cm³/mol. The van der Waals surface area contributed by atoms with Crippen LogP contribution in [0.1, 0.15) is 22.8 Å². The molecule has 2 aromatic carbocycles. The highest BCUT2D eigenvalue weighted by Gasteiger charge is 2.30. The van der Waals surface area contributed by atoms with Gasteiger partial charge in [0.15, 0.2) is 0 Å². The van der Waals surface area contributed by atoms with Crippen molar-refractivity contribution in [2.75, 3.05) is 19.0 Å². The van der Waals surface area contributed by atoms with Gasteiger partial charge in [0.25, 0.3) is 0 Å². The first-order chi connectivity index (χ1) is 13.1. The van der Waals surface area contributed by atoms with Crippen LogP contribution in [0.5, 0.6) is 5.75 Å². The second-order valence-electron chi connectivity index (χ2n) is 6.00. The summed E-state index contributed by atoms with van der Waals surface area (Å²) in [6.45, 7) is 1.46. The number of anilines is 1. The van der Waals surface area contributed by atoms with E-state index in [4.69, 9.17) is 4.74 Å². The molecule has 3 N–H and O–H groups in total. The minimum absolute atomic E-state index is 0.175. The number of carbonyl (C=O) groups is 2. The number of aliphatic hydroxyl groups excluding tert-OH is 1. The normalized spacial score (nSPS) is 12.2. The zero-order valence-corrected chi connectivity index (χ0v) is 15.1. The van der Waals surface area contributed by atoms with Crippen LogP contribution in [-0.2, 0) is 15.8 Å². The van der Waals surface area contributed by atoms with E-state index in [1.54, 1.807) is 25.1 Å². The number of amides is 2. The van der Waals surface area contributed by atoms with E-state index in [9.17, 15) is 27.9 Å². The van der Waals surface area contributed by atoms with E-state index in [1.807, 2.05) is 0 Å². The average molecular weight is 396 g/mol. The Morgan fingerprint density at radius 2 is 1.75 bits per heavy atom. The molecule has 1 atom stereocenters. The summed E-state index contributed by atoms with van der Waals surface area (Å²) in [5, 5.41) is 14.6. The Bertz CT molecular complexity index is 851. The molecule has 0 spiro atoms. The molecule has 0 saturated heterocycles. The topological polar surface area (TPSA) is 87.7 Å². The fourth-order valence-corrected chi connectivity index (χ4v) is 2.38. The molecule has 0 radical (unpaired) electrons. The number of rotatable bonds is 5. The predicted octanol–water partition coefficient (Wildman–Crippen LogP) is 2.81. The molecule has 0 fully saturated rings. The summed E-state index contributed by atoms with van der Waals surface area (Å²) in [6.07, 6.45) is -5.75. The average Bonchev–Trinajstić information content (AvgIpc) is 2.65. The van der Waals surface area contributed by atoms with Gasteiger partial charge < -0.3 is 20.5 Å². The van der Waals surface area contributed by atoms with Gasteiger partial charge in [-0.05, 0) is 42.3 Å². The summed E-state index contributed by atoms with van der Waals surface area (Å²) in [6, 6.07) is 8.91. The maximum absolute atomic E-state index is 12.5. The molecule has 0 aromatic heterocycles. The molecule has 6 nitrogen and oxygen atoms in total. The van der Waals surface area contributed by atoms with Gasteiger partial charge in [-0.3, -0.25) is 9.59 Å². The first-order valence-corrected chi connectivity index (χ1v) is 8.21. The summed E-state index contributed by atoms with van der Waals surface area (Å²) < 4.78 is 42.7. The van der Waals surface area contributed by atoms with E-state index in [2.05, 4.69) is 10.6 Å². The molecule has 2 rings (SSSR count). The summed E-state index contributed by atoms with van der Waals surface area (Å²) in [5.41, 5.74) is 0.480. The summed E-state index contributed by atoms with van der Waals surface area (Å²) >= 11 is 0. The Labute approximate surface area is 159 Å². The first kappa shape index (κ1) is 21.2. The molecule has 2 amide bonds. The number of nitrogens with one attached hydrogen (secondary N) is 2. The van der Waals surface area contributed by atoms with E-state index >= 15 is 0 Å². The quantitative estimate of drug-likeness (QED) is 0.679. The minimum Gasteiger partial charge on any atom is -0.495 e. The molecule has 0 bridgehead atoms. The van der Waals surface area contributed by atoms with Gasteiger partial charge in [-0.15, -0.1) is 0 Å². The van der Waals surface area contributed by atoms with Crippen molar-refractivity contribution in [3.8, 4) is 5.75 Å². The number of aryl methyl sites for hydroxylation is 1. The molecule has 0 aliphatic heterocycles. The van der Waals surface area contributed by atoms with Crippen molar-refractivity contribution in [3.63, 3.8) is 0 Å². The maximum atomic E-state index is 12.5. The smallest absolute Gasteiger partial charge is 0.416 e. The lowest BCUT2D eigenvalue weighted by molar-refractivity contribution is -0.137. The van der Waals surface area contributed by atoms with E-state index in [0.717, 1.165) is 29.8 Å². The molecular weight excluding hydrogens is 377 g/mol. The molecule has 0 aliphatic rings. The van der Waals surface area contributed by atoms with E-state index < -0.39 is 29.7 Å². The van der Waals surface area contributed by atoms with Crippen molar-refractivity contribution < 1.29 is 32.6 Å². The molecule has 9 heteroatoms. The monoisotopic (exact) mass is 396 g/mol. The fourth-order valence-electron chi connectivity index (χ4n) is 2.38. The van der Waals surface area contributed by atoms with Gasteiger partial charge in [0.1, 0.15) is 5.75 Å². The van der Waals surface area contributed by atoms with Crippen molar-refractivity contribution in [2.24, 2.45) is 0 Å². The highest BCUT2D eigenvalue weighted by Crippen LogP contribution is 2.30. The van der Waals surface area contributed by atoms with Crippen LogP contribution in [0.3, 0.4) is 0 Å². The number of hydrogen-bond donors (Lipinski definition) is 3. The number of hydrogen-bond acceptors (Lipinski definition) is 4. The van der Waals surface area contributed by atoms with Crippen molar-refractivity contribution in [3.05, 3.63) is 59.2 Å². The second kappa shape index (κ2) is 8.75. The number of alkyl halides is 3. The van der Waals surface area contributed by atoms with Crippen LogP contribution in [0.15, 0.2) is 42.5 Å². The Hall–Kier alpha value is -3.07. The molecule has 0 saturated carbocycles. The Morgan fingerprint density at radius 1 is 1.11 bits per heavy atom. The standard InChI is InChI=1S/C19H19F3N2O4/c1-11-3-8-16(28-2)14(9-11)24-18(27)17(26)23-10-15(25)12-4-6-13(7-5-12)19(20,21)22/h3-9,15,25H,10H2,1-2H3,(H,23,26)(H,24,27)/t15-/m1/s1. The van der Waals surface area contributed by atoms with Gasteiger partial charge in [0, 0.05) is 6.54 Å². The number of ether oxygens (including phenoxy) is 1. The van der Waals surface area contributed by atoms with Crippen LogP contribution < -0.4 is 15.4 Å². The molecular formula is C19H19F3N2O4. The van der Waals surface area contributed by atoms with Crippen LogP contribution in [0, 0.1) is 6.92 Å². The number of halogens is 3. The highest BCUT2D eigenvalue weighted by molar-refractivity contribution is 6.39. The first-order valence-electron chi connectivity index (χ1n) is 8.21. The van der Waals surface area contributed by atoms with Gasteiger partial charge in [-0.25, -0.2) is 0 Å². The van der Waals surface area contributed by atoms with E-state index in [0.29, 0.717) is 11.4 Å². The van der Waals surface area contributed by atoms with Crippen molar-refractivity contribution in [2.45, 2.75) is 19.2 Å². The SMILES string of the molecule is COc1ccc(C)cc1NC(=O)C(=O)NC[C@@H](O)c1ccc(C(F)(F)F)cc1. The third-order valence-electron chi connectivity index (χ3n) is 3.89.